The third-order valence-corrected chi connectivity index (χ3v) is 5.99. The number of carbonyl (C=O) groups is 1. The molecule has 1 aromatic heterocycles. The molecule has 2 heterocycles. The first-order valence-electron chi connectivity index (χ1n) is 9.77. The second-order valence-electron chi connectivity index (χ2n) is 7.01. The second-order valence-corrected chi connectivity index (χ2v) is 8.01. The monoisotopic (exact) mass is 467 g/mol. The van der Waals surface area contributed by atoms with Crippen LogP contribution in [0.1, 0.15) is 0 Å². The summed E-state index contributed by atoms with van der Waals surface area (Å²) in [5.41, 5.74) is 0.603. The molecule has 1 aliphatic heterocycles. The minimum absolute atomic E-state index is 0.0601. The molecule has 1 aliphatic rings. The first-order valence-corrected chi connectivity index (χ1v) is 10.6. The maximum Gasteiger partial charge on any atom is 0.573 e. The van der Waals surface area contributed by atoms with Gasteiger partial charge in [0.2, 0.25) is 0 Å². The number of hydrogen-bond donors (Lipinski definition) is 0. The van der Waals surface area contributed by atoms with E-state index in [1.807, 2.05) is 4.90 Å². The van der Waals surface area contributed by atoms with Crippen molar-refractivity contribution in [2.75, 3.05) is 44.8 Å². The van der Waals surface area contributed by atoms with Gasteiger partial charge in [-0.3, -0.25) is 4.79 Å². The van der Waals surface area contributed by atoms with Gasteiger partial charge in [0.15, 0.2) is 11.7 Å². The Morgan fingerprint density at radius 1 is 1.03 bits per heavy atom. The summed E-state index contributed by atoms with van der Waals surface area (Å²) in [7, 11) is 1.58. The molecule has 170 valence electrons. The van der Waals surface area contributed by atoms with Gasteiger partial charge in [0, 0.05) is 32.2 Å². The van der Waals surface area contributed by atoms with Gasteiger partial charge in [0.05, 0.1) is 17.3 Å². The fourth-order valence-corrected chi connectivity index (χ4v) is 4.33. The minimum Gasteiger partial charge on any atom is -0.497 e. The van der Waals surface area contributed by atoms with E-state index in [4.69, 9.17) is 9.47 Å². The van der Waals surface area contributed by atoms with Gasteiger partial charge in [-0.25, -0.2) is 4.98 Å². The number of carbonyl (C=O) groups excluding carboxylic acids is 1. The molecule has 11 heteroatoms. The van der Waals surface area contributed by atoms with Crippen molar-refractivity contribution in [3.8, 4) is 17.2 Å². The van der Waals surface area contributed by atoms with E-state index >= 15 is 0 Å². The zero-order valence-electron chi connectivity index (χ0n) is 17.1. The Labute approximate surface area is 185 Å². The quantitative estimate of drug-likeness (QED) is 0.548. The topological polar surface area (TPSA) is 64.1 Å². The highest BCUT2D eigenvalue weighted by Crippen LogP contribution is 2.33. The highest BCUT2D eigenvalue weighted by atomic mass is 32.1. The number of anilines is 1. The number of ether oxygens (including phenoxy) is 3. The normalized spacial score (nSPS) is 14.5. The van der Waals surface area contributed by atoms with Gasteiger partial charge < -0.3 is 24.0 Å². The van der Waals surface area contributed by atoms with Gasteiger partial charge >= 0.3 is 6.36 Å². The summed E-state index contributed by atoms with van der Waals surface area (Å²) in [6.45, 7) is 2.09. The summed E-state index contributed by atoms with van der Waals surface area (Å²) in [5, 5.41) is 0.700. The van der Waals surface area contributed by atoms with Crippen LogP contribution in [0.15, 0.2) is 42.5 Å². The molecule has 1 saturated heterocycles. The first-order chi connectivity index (χ1) is 15.3. The Hall–Kier alpha value is -3.21. The molecule has 1 fully saturated rings. The number of aromatic nitrogens is 1. The van der Waals surface area contributed by atoms with Crippen molar-refractivity contribution in [1.29, 1.82) is 0 Å². The molecule has 7 nitrogen and oxygen atoms in total. The molecular formula is C21H20F3N3O4S. The molecule has 3 aromatic rings. The molecule has 0 N–H and O–H groups in total. The van der Waals surface area contributed by atoms with Gasteiger partial charge in [0.1, 0.15) is 17.2 Å². The third-order valence-electron chi connectivity index (χ3n) is 4.91. The molecule has 0 atom stereocenters. The number of amides is 1. The summed E-state index contributed by atoms with van der Waals surface area (Å²) in [4.78, 5) is 20.7. The molecule has 32 heavy (non-hydrogen) atoms. The maximum absolute atomic E-state index is 12.5. The molecular weight excluding hydrogens is 447 g/mol. The Kier molecular flexibility index (Phi) is 6.26. The van der Waals surface area contributed by atoms with Crippen molar-refractivity contribution >= 4 is 32.6 Å². The molecule has 2 aromatic carbocycles. The summed E-state index contributed by atoms with van der Waals surface area (Å²) in [6.07, 6.45) is -4.73. The van der Waals surface area contributed by atoms with Crippen LogP contribution in [0.5, 0.6) is 17.2 Å². The smallest absolute Gasteiger partial charge is 0.497 e. The molecule has 0 radical (unpaired) electrons. The lowest BCUT2D eigenvalue weighted by Crippen LogP contribution is -2.50. The second kappa shape index (κ2) is 9.11. The number of rotatable bonds is 6. The van der Waals surface area contributed by atoms with Crippen LogP contribution < -0.4 is 19.1 Å². The number of benzene rings is 2. The summed E-state index contributed by atoms with van der Waals surface area (Å²) in [6, 6.07) is 11.1. The van der Waals surface area contributed by atoms with E-state index < -0.39 is 6.36 Å². The Bertz CT molecular complexity index is 1080. The van der Waals surface area contributed by atoms with Crippen LogP contribution in [0, 0.1) is 0 Å². The molecule has 0 bridgehead atoms. The number of piperazine rings is 1. The molecule has 0 aliphatic carbocycles. The number of nitrogens with zero attached hydrogens (tertiary/aromatic N) is 3. The van der Waals surface area contributed by atoms with Crippen LogP contribution in [0.25, 0.3) is 10.2 Å². The van der Waals surface area contributed by atoms with Gasteiger partial charge in [-0.1, -0.05) is 11.3 Å². The van der Waals surface area contributed by atoms with Crippen LogP contribution in [-0.4, -0.2) is 62.0 Å². The number of halogens is 3. The van der Waals surface area contributed by atoms with E-state index in [-0.39, 0.29) is 18.3 Å². The zero-order valence-corrected chi connectivity index (χ0v) is 17.9. The number of fused-ring (bicyclic) bond motifs is 1. The fourth-order valence-electron chi connectivity index (χ4n) is 3.28. The highest BCUT2D eigenvalue weighted by molar-refractivity contribution is 7.22. The van der Waals surface area contributed by atoms with Crippen LogP contribution in [0.3, 0.4) is 0 Å². The van der Waals surface area contributed by atoms with E-state index in [0.29, 0.717) is 53.0 Å². The van der Waals surface area contributed by atoms with Crippen molar-refractivity contribution in [1.82, 2.24) is 9.88 Å². The van der Waals surface area contributed by atoms with E-state index in [1.165, 1.54) is 29.5 Å². The predicted octanol–water partition coefficient (Wildman–Crippen LogP) is 3.93. The van der Waals surface area contributed by atoms with Crippen LogP contribution in [0.2, 0.25) is 0 Å². The lowest BCUT2D eigenvalue weighted by molar-refractivity contribution is -0.274. The summed E-state index contributed by atoms with van der Waals surface area (Å²) < 4.78 is 52.5. The Balaban J connectivity index is 1.31. The molecule has 0 spiro atoms. The number of alkyl halides is 3. The van der Waals surface area contributed by atoms with Gasteiger partial charge in [-0.15, -0.1) is 13.2 Å². The summed E-state index contributed by atoms with van der Waals surface area (Å²) in [5.74, 6) is 0.908. The van der Waals surface area contributed by atoms with Gasteiger partial charge in [0.25, 0.3) is 5.91 Å². The zero-order chi connectivity index (χ0) is 22.7. The summed E-state index contributed by atoms with van der Waals surface area (Å²) >= 11 is 1.29. The predicted molar refractivity (Wildman–Crippen MR) is 114 cm³/mol. The first kappa shape index (κ1) is 22.0. The standard InChI is InChI=1S/C21H20F3N3O4S/c1-29-14-2-4-15(5-3-14)30-13-19(28)26-8-10-27(11-9-26)20-25-17-7-6-16(12-18(17)32-20)31-21(22,23)24/h2-7,12H,8-11,13H2,1H3. The Morgan fingerprint density at radius 3 is 2.34 bits per heavy atom. The van der Waals surface area contributed by atoms with E-state index in [1.54, 1.807) is 36.3 Å². The number of thiazole rings is 1. The van der Waals surface area contributed by atoms with Crippen molar-refractivity contribution in [3.05, 3.63) is 42.5 Å². The lowest BCUT2D eigenvalue weighted by Gasteiger charge is -2.34. The van der Waals surface area contributed by atoms with E-state index in [9.17, 15) is 18.0 Å². The van der Waals surface area contributed by atoms with Crippen molar-refractivity contribution in [3.63, 3.8) is 0 Å². The fraction of sp³-hybridized carbons (Fsp3) is 0.333. The lowest BCUT2D eigenvalue weighted by atomic mass is 10.3. The third kappa shape index (κ3) is 5.34. The number of hydrogen-bond acceptors (Lipinski definition) is 7. The van der Waals surface area contributed by atoms with Crippen LogP contribution in [-0.2, 0) is 4.79 Å². The van der Waals surface area contributed by atoms with Crippen LogP contribution >= 0.6 is 11.3 Å². The van der Waals surface area contributed by atoms with E-state index in [2.05, 4.69) is 9.72 Å². The van der Waals surface area contributed by atoms with Crippen molar-refractivity contribution in [2.24, 2.45) is 0 Å². The molecule has 4 rings (SSSR count). The average molecular weight is 467 g/mol. The Morgan fingerprint density at radius 2 is 1.69 bits per heavy atom. The minimum atomic E-state index is -4.73. The largest absolute Gasteiger partial charge is 0.573 e. The molecule has 1 amide bonds. The molecule has 0 unspecified atom stereocenters. The van der Waals surface area contributed by atoms with Crippen molar-refractivity contribution < 1.29 is 32.2 Å². The molecule has 0 saturated carbocycles. The van der Waals surface area contributed by atoms with Crippen molar-refractivity contribution in [2.45, 2.75) is 6.36 Å². The highest BCUT2D eigenvalue weighted by Gasteiger charge is 2.31. The van der Waals surface area contributed by atoms with Gasteiger partial charge in [-0.2, -0.15) is 0 Å². The maximum atomic E-state index is 12.5. The van der Waals surface area contributed by atoms with E-state index in [0.717, 1.165) is 0 Å². The SMILES string of the molecule is COc1ccc(OCC(=O)N2CCN(c3nc4ccc(OC(F)(F)F)cc4s3)CC2)cc1. The average Bonchev–Trinajstić information content (AvgIpc) is 3.20. The van der Waals surface area contributed by atoms with Gasteiger partial charge in [-0.05, 0) is 36.4 Å². The number of methoxy groups -OCH3 is 1. The van der Waals surface area contributed by atoms with Crippen LogP contribution in [0.4, 0.5) is 18.3 Å².